The van der Waals surface area contributed by atoms with Gasteiger partial charge >= 0.3 is 12.4 Å². The number of hydrogen-bond acceptors (Lipinski definition) is 3. The predicted molar refractivity (Wildman–Crippen MR) is 104 cm³/mol. The minimum Gasteiger partial charge on any atom is -0.325 e. The minimum atomic E-state index is -5.04. The highest BCUT2D eigenvalue weighted by Gasteiger charge is 2.37. The van der Waals surface area contributed by atoms with Gasteiger partial charge in [-0.1, -0.05) is 30.3 Å². The van der Waals surface area contributed by atoms with Gasteiger partial charge in [0.2, 0.25) is 12.1 Å². The molecule has 1 amide bonds. The van der Waals surface area contributed by atoms with E-state index in [4.69, 9.17) is 0 Å². The second-order valence-electron chi connectivity index (χ2n) is 6.58. The van der Waals surface area contributed by atoms with E-state index in [0.29, 0.717) is 17.7 Å². The summed E-state index contributed by atoms with van der Waals surface area (Å²) in [6.45, 7) is 0. The van der Waals surface area contributed by atoms with Crippen molar-refractivity contribution in [3.8, 4) is 0 Å². The standard InChI is InChI=1S/C21H14F6N2O2S/c22-20(23,24)14-10-15(21(25,26)27)12-16(11-14)28-19(30)18(13-6-2-1-3-7-13)32-17-8-4-5-9-29(17)31/h1-12,18H,(H-,28,30,31)/p+1. The molecule has 1 atom stereocenters. The van der Waals surface area contributed by atoms with Gasteiger partial charge in [-0.05, 0) is 41.6 Å². The molecule has 0 aliphatic heterocycles. The number of aromatic nitrogens is 1. The highest BCUT2D eigenvalue weighted by atomic mass is 32.2. The van der Waals surface area contributed by atoms with Gasteiger partial charge in [-0.2, -0.15) is 26.3 Å². The number of halogens is 6. The number of anilines is 1. The lowest BCUT2D eigenvalue weighted by Gasteiger charge is -2.18. The fourth-order valence-electron chi connectivity index (χ4n) is 2.77. The normalized spacial score (nSPS) is 12.9. The van der Waals surface area contributed by atoms with E-state index in [0.717, 1.165) is 16.5 Å². The van der Waals surface area contributed by atoms with Gasteiger partial charge in [0, 0.05) is 22.6 Å². The van der Waals surface area contributed by atoms with E-state index in [1.807, 2.05) is 0 Å². The Morgan fingerprint density at radius 1 is 0.875 bits per heavy atom. The van der Waals surface area contributed by atoms with Gasteiger partial charge in [0.1, 0.15) is 5.25 Å². The third-order valence-corrected chi connectivity index (χ3v) is 5.52. The minimum absolute atomic E-state index is 0.0161. The highest BCUT2D eigenvalue weighted by Crippen LogP contribution is 2.39. The molecule has 0 aliphatic rings. The molecule has 0 fully saturated rings. The smallest absolute Gasteiger partial charge is 0.325 e. The summed E-state index contributed by atoms with van der Waals surface area (Å²) in [4.78, 5) is 13.0. The largest absolute Gasteiger partial charge is 0.416 e. The molecule has 32 heavy (non-hydrogen) atoms. The Morgan fingerprint density at radius 3 is 1.97 bits per heavy atom. The first-order valence-electron chi connectivity index (χ1n) is 8.97. The summed E-state index contributed by atoms with van der Waals surface area (Å²) in [6.07, 6.45) is -8.77. The van der Waals surface area contributed by atoms with Gasteiger partial charge in [-0.25, -0.2) is 0 Å². The lowest BCUT2D eigenvalue weighted by atomic mass is 10.1. The van der Waals surface area contributed by atoms with Crippen molar-refractivity contribution < 1.29 is 41.1 Å². The number of carbonyl (C=O) groups excluding carboxylic acids is 1. The van der Waals surface area contributed by atoms with Crippen LogP contribution in [0.2, 0.25) is 0 Å². The van der Waals surface area contributed by atoms with Crippen LogP contribution in [-0.4, -0.2) is 11.1 Å². The van der Waals surface area contributed by atoms with Crippen molar-refractivity contribution in [3.05, 3.63) is 89.6 Å². The number of benzene rings is 2. The third-order valence-electron chi connectivity index (χ3n) is 4.24. The second-order valence-corrected chi connectivity index (χ2v) is 7.70. The van der Waals surface area contributed by atoms with Crippen molar-refractivity contribution >= 4 is 23.4 Å². The molecule has 168 valence electrons. The van der Waals surface area contributed by atoms with E-state index in [1.165, 1.54) is 18.3 Å². The number of carbonyl (C=O) groups is 1. The molecule has 4 nitrogen and oxygen atoms in total. The molecule has 3 aromatic rings. The fourth-order valence-corrected chi connectivity index (χ4v) is 3.80. The molecule has 0 saturated carbocycles. The van der Waals surface area contributed by atoms with Crippen LogP contribution in [0.25, 0.3) is 0 Å². The van der Waals surface area contributed by atoms with E-state index in [1.54, 1.807) is 36.4 Å². The fraction of sp³-hybridized carbons (Fsp3) is 0.143. The molecule has 0 radical (unpaired) electrons. The Kier molecular flexibility index (Phi) is 6.68. The summed E-state index contributed by atoms with van der Waals surface area (Å²) < 4.78 is 79.4. The van der Waals surface area contributed by atoms with Gasteiger partial charge in [-0.15, -0.1) is 0 Å². The molecule has 0 saturated heterocycles. The first-order valence-corrected chi connectivity index (χ1v) is 9.85. The van der Waals surface area contributed by atoms with Crippen LogP contribution < -0.4 is 10.0 Å². The van der Waals surface area contributed by atoms with Crippen LogP contribution in [-0.2, 0) is 17.1 Å². The van der Waals surface area contributed by atoms with Crippen LogP contribution in [0.5, 0.6) is 0 Å². The molecule has 1 unspecified atom stereocenters. The maximum atomic E-state index is 13.1. The molecule has 0 spiro atoms. The van der Waals surface area contributed by atoms with E-state index in [-0.39, 0.29) is 11.1 Å². The molecule has 2 N–H and O–H groups in total. The SMILES string of the molecule is O=C(Nc1cc(C(F)(F)F)cc(C(F)(F)F)c1)C(Sc1cccc[n+]1O)c1ccccc1. The monoisotopic (exact) mass is 473 g/mol. The Balaban J connectivity index is 1.98. The number of hydrogen-bond donors (Lipinski definition) is 2. The molecule has 2 aromatic carbocycles. The first-order chi connectivity index (χ1) is 14.9. The summed E-state index contributed by atoms with van der Waals surface area (Å²) in [5, 5.41) is 11.2. The Labute approximate surface area is 182 Å². The average molecular weight is 473 g/mol. The van der Waals surface area contributed by atoms with Crippen LogP contribution in [0.3, 0.4) is 0 Å². The van der Waals surface area contributed by atoms with Crippen molar-refractivity contribution in [3.63, 3.8) is 0 Å². The van der Waals surface area contributed by atoms with Crippen LogP contribution >= 0.6 is 11.8 Å². The quantitative estimate of drug-likeness (QED) is 0.216. The Hall–Kier alpha value is -3.21. The van der Waals surface area contributed by atoms with Gasteiger partial charge < -0.3 is 5.32 Å². The first kappa shape index (κ1) is 23.5. The Bertz CT molecular complexity index is 1070. The second kappa shape index (κ2) is 9.11. The Morgan fingerprint density at radius 2 is 1.44 bits per heavy atom. The molecular formula is C21H15F6N2O2S+. The third kappa shape index (κ3) is 5.72. The van der Waals surface area contributed by atoms with Crippen molar-refractivity contribution in [2.24, 2.45) is 0 Å². The number of thioether (sulfide) groups is 1. The van der Waals surface area contributed by atoms with E-state index in [9.17, 15) is 36.3 Å². The van der Waals surface area contributed by atoms with Crippen LogP contribution in [0.15, 0.2) is 78.0 Å². The lowest BCUT2D eigenvalue weighted by Crippen LogP contribution is -2.32. The zero-order chi connectivity index (χ0) is 23.5. The summed E-state index contributed by atoms with van der Waals surface area (Å²) >= 11 is 0.872. The topological polar surface area (TPSA) is 53.2 Å². The maximum absolute atomic E-state index is 13.1. The molecule has 1 aromatic heterocycles. The number of nitrogens with zero attached hydrogens (tertiary/aromatic N) is 1. The van der Waals surface area contributed by atoms with Gasteiger partial charge in [0.05, 0.1) is 11.1 Å². The number of alkyl halides is 6. The number of rotatable bonds is 5. The van der Waals surface area contributed by atoms with Crippen molar-refractivity contribution in [2.45, 2.75) is 22.6 Å². The summed E-state index contributed by atoms with van der Waals surface area (Å²) in [6, 6.07) is 13.6. The molecule has 0 aliphatic carbocycles. The lowest BCUT2D eigenvalue weighted by molar-refractivity contribution is -0.932. The molecule has 0 bridgehead atoms. The van der Waals surface area contributed by atoms with E-state index >= 15 is 0 Å². The molecule has 3 rings (SSSR count). The summed E-state index contributed by atoms with van der Waals surface area (Å²) in [7, 11) is 0. The van der Waals surface area contributed by atoms with Crippen LogP contribution in [0.4, 0.5) is 32.0 Å². The van der Waals surface area contributed by atoms with Gasteiger partial charge in [0.15, 0.2) is 0 Å². The van der Waals surface area contributed by atoms with Crippen LogP contribution in [0.1, 0.15) is 21.9 Å². The molecular weight excluding hydrogens is 458 g/mol. The van der Waals surface area contributed by atoms with Crippen molar-refractivity contribution in [1.82, 2.24) is 0 Å². The maximum Gasteiger partial charge on any atom is 0.416 e. The van der Waals surface area contributed by atoms with Gasteiger partial charge in [-0.3, -0.25) is 10.0 Å². The highest BCUT2D eigenvalue weighted by molar-refractivity contribution is 8.00. The summed E-state index contributed by atoms with van der Waals surface area (Å²) in [5.74, 6) is -0.863. The predicted octanol–water partition coefficient (Wildman–Crippen LogP) is 5.72. The molecule has 1 heterocycles. The van der Waals surface area contributed by atoms with E-state index in [2.05, 4.69) is 5.32 Å². The number of amides is 1. The molecule has 11 heteroatoms. The van der Waals surface area contributed by atoms with Crippen LogP contribution in [0, 0.1) is 0 Å². The zero-order valence-electron chi connectivity index (χ0n) is 16.0. The summed E-state index contributed by atoms with van der Waals surface area (Å²) in [5.41, 5.74) is -3.30. The van der Waals surface area contributed by atoms with Crippen molar-refractivity contribution in [2.75, 3.05) is 5.32 Å². The average Bonchev–Trinajstić information content (AvgIpc) is 2.72. The number of pyridine rings is 1. The van der Waals surface area contributed by atoms with Gasteiger partial charge in [0.25, 0.3) is 5.03 Å². The van der Waals surface area contributed by atoms with Crippen molar-refractivity contribution in [1.29, 1.82) is 0 Å². The zero-order valence-corrected chi connectivity index (χ0v) is 16.8. The van der Waals surface area contributed by atoms with E-state index < -0.39 is 40.3 Å². The number of nitrogens with one attached hydrogen (secondary N) is 1.